The number of rotatable bonds is 2. The van der Waals surface area contributed by atoms with Crippen LogP contribution in [0.1, 0.15) is 24.0 Å². The standard InChI is InChI=1S/C15H19N3/c16-8-12-4-1-2-5-13(12)9-18-10-14-6-3-7-17-15(14)11-18/h1-2,4-5,14-15,17H,3,6-7,9-11H2. The Morgan fingerprint density at radius 3 is 3.06 bits per heavy atom. The third kappa shape index (κ3) is 2.27. The van der Waals surface area contributed by atoms with Gasteiger partial charge in [0.25, 0.3) is 0 Å². The first kappa shape index (κ1) is 11.7. The first-order chi connectivity index (χ1) is 8.86. The summed E-state index contributed by atoms with van der Waals surface area (Å²) in [5.74, 6) is 0.813. The normalized spacial score (nSPS) is 27.7. The van der Waals surface area contributed by atoms with E-state index in [4.69, 9.17) is 5.26 Å². The Bertz CT molecular complexity index is 449. The zero-order valence-corrected chi connectivity index (χ0v) is 10.6. The Morgan fingerprint density at radius 1 is 1.33 bits per heavy atom. The molecule has 1 aromatic carbocycles. The van der Waals surface area contributed by atoms with Crippen molar-refractivity contribution >= 4 is 0 Å². The van der Waals surface area contributed by atoms with Gasteiger partial charge in [0.1, 0.15) is 0 Å². The van der Waals surface area contributed by atoms with Crippen LogP contribution in [-0.2, 0) is 6.54 Å². The van der Waals surface area contributed by atoms with E-state index in [2.05, 4.69) is 22.4 Å². The second-order valence-electron chi connectivity index (χ2n) is 5.43. The van der Waals surface area contributed by atoms with Crippen LogP contribution in [0.4, 0.5) is 0 Å². The van der Waals surface area contributed by atoms with Crippen LogP contribution in [0, 0.1) is 17.2 Å². The van der Waals surface area contributed by atoms with Crippen molar-refractivity contribution in [1.29, 1.82) is 5.26 Å². The van der Waals surface area contributed by atoms with Gasteiger partial charge in [0.2, 0.25) is 0 Å². The summed E-state index contributed by atoms with van der Waals surface area (Å²) in [5, 5.41) is 12.7. The molecule has 2 saturated heterocycles. The molecule has 0 amide bonds. The van der Waals surface area contributed by atoms with Crippen molar-refractivity contribution in [1.82, 2.24) is 10.2 Å². The molecular formula is C15H19N3. The monoisotopic (exact) mass is 241 g/mol. The molecule has 2 unspecified atom stereocenters. The van der Waals surface area contributed by atoms with Crippen LogP contribution in [-0.4, -0.2) is 30.6 Å². The Balaban J connectivity index is 1.69. The summed E-state index contributed by atoms with van der Waals surface area (Å²) in [6.07, 6.45) is 2.66. The quantitative estimate of drug-likeness (QED) is 0.857. The number of nitrogens with zero attached hydrogens (tertiary/aromatic N) is 2. The molecule has 2 atom stereocenters. The van der Waals surface area contributed by atoms with Crippen molar-refractivity contribution in [2.75, 3.05) is 19.6 Å². The molecule has 18 heavy (non-hydrogen) atoms. The average molecular weight is 241 g/mol. The summed E-state index contributed by atoms with van der Waals surface area (Å²) in [6.45, 7) is 4.39. The number of piperidine rings is 1. The number of hydrogen-bond acceptors (Lipinski definition) is 3. The summed E-state index contributed by atoms with van der Waals surface area (Å²) in [5.41, 5.74) is 1.99. The number of fused-ring (bicyclic) bond motifs is 1. The maximum Gasteiger partial charge on any atom is 0.0995 e. The predicted molar refractivity (Wildman–Crippen MR) is 70.9 cm³/mol. The molecule has 3 nitrogen and oxygen atoms in total. The Morgan fingerprint density at radius 2 is 2.22 bits per heavy atom. The molecule has 1 N–H and O–H groups in total. The highest BCUT2D eigenvalue weighted by Gasteiger charge is 2.34. The van der Waals surface area contributed by atoms with Crippen LogP contribution in [0.25, 0.3) is 0 Å². The lowest BCUT2D eigenvalue weighted by Crippen LogP contribution is -2.40. The van der Waals surface area contributed by atoms with E-state index in [0.29, 0.717) is 6.04 Å². The van der Waals surface area contributed by atoms with Gasteiger partial charge >= 0.3 is 0 Å². The molecule has 0 saturated carbocycles. The van der Waals surface area contributed by atoms with Crippen LogP contribution >= 0.6 is 0 Å². The third-order valence-electron chi connectivity index (χ3n) is 4.21. The second kappa shape index (κ2) is 5.09. The number of likely N-dealkylation sites (tertiary alicyclic amines) is 1. The molecule has 2 aliphatic rings. The van der Waals surface area contributed by atoms with E-state index in [0.717, 1.165) is 24.6 Å². The molecule has 2 aliphatic heterocycles. The molecular weight excluding hydrogens is 222 g/mol. The molecule has 0 aromatic heterocycles. The van der Waals surface area contributed by atoms with Gasteiger partial charge in [0, 0.05) is 25.7 Å². The van der Waals surface area contributed by atoms with Gasteiger partial charge in [-0.2, -0.15) is 5.26 Å². The largest absolute Gasteiger partial charge is 0.312 e. The van der Waals surface area contributed by atoms with Gasteiger partial charge < -0.3 is 5.32 Å². The van der Waals surface area contributed by atoms with Crippen LogP contribution in [0.15, 0.2) is 24.3 Å². The fourth-order valence-corrected chi connectivity index (χ4v) is 3.27. The molecule has 3 heteroatoms. The predicted octanol–water partition coefficient (Wildman–Crippen LogP) is 1.74. The van der Waals surface area contributed by atoms with Gasteiger partial charge in [-0.1, -0.05) is 18.2 Å². The van der Waals surface area contributed by atoms with Gasteiger partial charge in [0.15, 0.2) is 0 Å². The summed E-state index contributed by atoms with van der Waals surface area (Å²) >= 11 is 0. The lowest BCUT2D eigenvalue weighted by Gasteiger charge is -2.24. The van der Waals surface area contributed by atoms with E-state index in [1.807, 2.05) is 18.2 Å². The highest BCUT2D eigenvalue weighted by atomic mass is 15.2. The summed E-state index contributed by atoms with van der Waals surface area (Å²) < 4.78 is 0. The topological polar surface area (TPSA) is 39.1 Å². The number of nitriles is 1. The number of hydrogen-bond donors (Lipinski definition) is 1. The molecule has 2 heterocycles. The first-order valence-corrected chi connectivity index (χ1v) is 6.80. The lowest BCUT2D eigenvalue weighted by molar-refractivity contribution is 0.312. The van der Waals surface area contributed by atoms with Crippen molar-refractivity contribution in [2.24, 2.45) is 5.92 Å². The SMILES string of the molecule is N#Cc1ccccc1CN1CC2CCCNC2C1. The Labute approximate surface area is 108 Å². The van der Waals surface area contributed by atoms with E-state index >= 15 is 0 Å². The smallest absolute Gasteiger partial charge is 0.0995 e. The molecule has 1 aromatic rings. The minimum atomic E-state index is 0.674. The molecule has 0 spiro atoms. The molecule has 0 aliphatic carbocycles. The van der Waals surface area contributed by atoms with Crippen LogP contribution < -0.4 is 5.32 Å². The van der Waals surface area contributed by atoms with Crippen molar-refractivity contribution in [3.63, 3.8) is 0 Å². The summed E-state index contributed by atoms with van der Waals surface area (Å²) in [4.78, 5) is 2.49. The van der Waals surface area contributed by atoms with Gasteiger partial charge in [-0.15, -0.1) is 0 Å². The number of nitrogens with one attached hydrogen (secondary N) is 1. The van der Waals surface area contributed by atoms with E-state index in [-0.39, 0.29) is 0 Å². The van der Waals surface area contributed by atoms with E-state index in [1.165, 1.54) is 31.5 Å². The van der Waals surface area contributed by atoms with Gasteiger partial charge in [0.05, 0.1) is 11.6 Å². The van der Waals surface area contributed by atoms with Crippen LogP contribution in [0.2, 0.25) is 0 Å². The number of benzene rings is 1. The molecule has 0 radical (unpaired) electrons. The molecule has 0 bridgehead atoms. The van der Waals surface area contributed by atoms with Gasteiger partial charge in [-0.05, 0) is 36.9 Å². The maximum absolute atomic E-state index is 9.12. The van der Waals surface area contributed by atoms with Crippen molar-refractivity contribution in [3.05, 3.63) is 35.4 Å². The van der Waals surface area contributed by atoms with E-state index in [9.17, 15) is 0 Å². The molecule has 3 rings (SSSR count). The van der Waals surface area contributed by atoms with E-state index < -0.39 is 0 Å². The first-order valence-electron chi connectivity index (χ1n) is 6.80. The molecule has 2 fully saturated rings. The lowest BCUT2D eigenvalue weighted by atomic mass is 9.94. The minimum Gasteiger partial charge on any atom is -0.312 e. The van der Waals surface area contributed by atoms with Gasteiger partial charge in [-0.3, -0.25) is 4.90 Å². The highest BCUT2D eigenvalue weighted by Crippen LogP contribution is 2.26. The molecule has 94 valence electrons. The maximum atomic E-state index is 9.12. The zero-order chi connectivity index (χ0) is 12.4. The zero-order valence-electron chi connectivity index (χ0n) is 10.6. The minimum absolute atomic E-state index is 0.674. The Hall–Kier alpha value is -1.37. The summed E-state index contributed by atoms with van der Waals surface area (Å²) in [6, 6.07) is 10.9. The van der Waals surface area contributed by atoms with Crippen molar-refractivity contribution in [2.45, 2.75) is 25.4 Å². The second-order valence-corrected chi connectivity index (χ2v) is 5.43. The van der Waals surface area contributed by atoms with E-state index in [1.54, 1.807) is 0 Å². The van der Waals surface area contributed by atoms with Gasteiger partial charge in [-0.25, -0.2) is 0 Å². The third-order valence-corrected chi connectivity index (χ3v) is 4.21. The average Bonchev–Trinajstić information content (AvgIpc) is 2.81. The van der Waals surface area contributed by atoms with Crippen molar-refractivity contribution < 1.29 is 0 Å². The fraction of sp³-hybridized carbons (Fsp3) is 0.533. The highest BCUT2D eigenvalue weighted by molar-refractivity contribution is 5.37. The Kier molecular flexibility index (Phi) is 3.31. The summed E-state index contributed by atoms with van der Waals surface area (Å²) in [7, 11) is 0. The fourth-order valence-electron chi connectivity index (χ4n) is 3.27. The van der Waals surface area contributed by atoms with Crippen molar-refractivity contribution in [3.8, 4) is 6.07 Å². The van der Waals surface area contributed by atoms with Crippen LogP contribution in [0.3, 0.4) is 0 Å². The van der Waals surface area contributed by atoms with Crippen LogP contribution in [0.5, 0.6) is 0 Å².